The Balaban J connectivity index is 3.54. The van der Waals surface area contributed by atoms with E-state index in [-0.39, 0.29) is 0 Å². The second-order valence-electron chi connectivity index (χ2n) is 1.32. The fourth-order valence-corrected chi connectivity index (χ4v) is 0.435. The Kier molecular flexibility index (Phi) is 4.06. The molecule has 0 spiro atoms. The molecule has 0 aliphatic heterocycles. The minimum absolute atomic E-state index is 0.796. The topological polar surface area (TPSA) is 78.4 Å². The third kappa shape index (κ3) is 7.45. The van der Waals surface area contributed by atoms with Crippen LogP contribution in [0, 0.1) is 10.2 Å². The smallest absolute Gasteiger partial charge is 0.167 e. The molecule has 0 aromatic carbocycles. The van der Waals surface area contributed by atoms with E-state index in [1.807, 2.05) is 0 Å². The van der Waals surface area contributed by atoms with E-state index < -0.39 is 10.2 Å². The predicted octanol–water partition coefficient (Wildman–Crippen LogP) is -2.01. The van der Waals surface area contributed by atoms with Crippen LogP contribution in [0.2, 0.25) is 0 Å². The summed E-state index contributed by atoms with van der Waals surface area (Å²) in [5, 5.41) is 0. The minimum atomic E-state index is -4.32. The lowest BCUT2D eigenvalue weighted by molar-refractivity contribution is -1.92. The van der Waals surface area contributed by atoms with E-state index in [9.17, 15) is 14.0 Å². The van der Waals surface area contributed by atoms with Crippen LogP contribution in [0.25, 0.3) is 0 Å². The van der Waals surface area contributed by atoms with Crippen molar-refractivity contribution in [2.24, 2.45) is 0 Å². The van der Waals surface area contributed by atoms with E-state index in [1.54, 1.807) is 13.0 Å². The van der Waals surface area contributed by atoms with Crippen molar-refractivity contribution >= 4 is 0 Å². The van der Waals surface area contributed by atoms with E-state index >= 15 is 0 Å². The fraction of sp³-hybridized carbons (Fsp3) is 0.200. The molecule has 5 heteroatoms. The minimum Gasteiger partial charge on any atom is -0.167 e. The second-order valence-corrected chi connectivity index (χ2v) is 2.26. The monoisotopic (exact) mass is 166 g/mol. The first-order valence-electron chi connectivity index (χ1n) is 2.43. The molecule has 0 aliphatic rings. The number of rotatable bonds is 3. The van der Waals surface area contributed by atoms with Gasteiger partial charge < -0.3 is 0 Å². The normalized spacial score (nSPS) is 13.2. The molecule has 0 saturated carbocycles. The molecule has 0 heterocycles. The van der Waals surface area contributed by atoms with Gasteiger partial charge in [-0.3, -0.25) is 0 Å². The van der Waals surface area contributed by atoms with E-state index in [0.717, 1.165) is 6.26 Å². The summed E-state index contributed by atoms with van der Waals surface area (Å²) in [5.41, 5.74) is 0. The number of hydrogen-bond donors (Lipinski definition) is 0. The summed E-state index contributed by atoms with van der Waals surface area (Å²) in [6.07, 6.45) is 5.28. The first kappa shape index (κ1) is 9.45. The van der Waals surface area contributed by atoms with E-state index in [2.05, 4.69) is 4.29 Å². The Morgan fingerprint density at radius 2 is 1.80 bits per heavy atom. The Labute approximate surface area is 60.8 Å². The van der Waals surface area contributed by atoms with Gasteiger partial charge in [-0.1, -0.05) is 16.4 Å². The average Bonchev–Trinajstić information content (AvgIpc) is 1.78. The molecular formula is C5H7ClO4. The van der Waals surface area contributed by atoms with Crippen LogP contribution < -0.4 is 14.0 Å². The van der Waals surface area contributed by atoms with Gasteiger partial charge in [-0.05, 0) is 13.0 Å². The maximum atomic E-state index is 9.71. The lowest BCUT2D eigenvalue weighted by atomic mass is 10.5. The van der Waals surface area contributed by atoms with Crippen molar-refractivity contribution in [2.45, 2.75) is 6.92 Å². The van der Waals surface area contributed by atoms with Crippen molar-refractivity contribution in [3.63, 3.8) is 0 Å². The molecular weight excluding hydrogens is 160 g/mol. The summed E-state index contributed by atoms with van der Waals surface area (Å²) in [6.45, 7) is 1.74. The first-order valence-corrected chi connectivity index (χ1v) is 3.66. The Morgan fingerprint density at radius 3 is 2.20 bits per heavy atom. The summed E-state index contributed by atoms with van der Waals surface area (Å²) in [7, 11) is -4.32. The summed E-state index contributed by atoms with van der Waals surface area (Å²) in [4.78, 5) is 0. The zero-order valence-electron chi connectivity index (χ0n) is 5.32. The highest BCUT2D eigenvalue weighted by molar-refractivity contribution is 4.97. The lowest BCUT2D eigenvalue weighted by Gasteiger charge is -2.08. The Morgan fingerprint density at radius 1 is 1.20 bits per heavy atom. The van der Waals surface area contributed by atoms with Crippen molar-refractivity contribution in [3.8, 4) is 0 Å². The van der Waals surface area contributed by atoms with Crippen LogP contribution in [-0.4, -0.2) is 0 Å². The quantitative estimate of drug-likeness (QED) is 0.359. The molecule has 0 radical (unpaired) electrons. The molecule has 0 amide bonds. The summed E-state index contributed by atoms with van der Waals surface area (Å²) < 4.78 is 32.8. The van der Waals surface area contributed by atoms with Crippen molar-refractivity contribution in [1.82, 2.24) is 0 Å². The van der Waals surface area contributed by atoms with Crippen molar-refractivity contribution in [2.75, 3.05) is 0 Å². The van der Waals surface area contributed by atoms with E-state index in [4.69, 9.17) is 0 Å². The van der Waals surface area contributed by atoms with Gasteiger partial charge in [-0.2, -0.15) is 14.0 Å². The third-order valence-corrected chi connectivity index (χ3v) is 0.864. The van der Waals surface area contributed by atoms with Gasteiger partial charge in [-0.15, -0.1) is 0 Å². The van der Waals surface area contributed by atoms with Gasteiger partial charge in [0.05, 0.1) is 0 Å². The van der Waals surface area contributed by atoms with Crippen LogP contribution in [0.5, 0.6) is 0 Å². The van der Waals surface area contributed by atoms with Crippen LogP contribution in [-0.2, 0) is 4.29 Å². The molecule has 0 aliphatic carbocycles. The summed E-state index contributed by atoms with van der Waals surface area (Å²) in [6, 6.07) is 0. The molecule has 0 aromatic rings. The molecule has 0 bridgehead atoms. The number of hydrogen-bond acceptors (Lipinski definition) is 4. The predicted molar refractivity (Wildman–Crippen MR) is 25.0 cm³/mol. The SMILES string of the molecule is CC=CC=CO[Cl+3]([O-])([O-])[O-]. The van der Waals surface area contributed by atoms with Gasteiger partial charge in [0.15, 0.2) is 0 Å². The molecule has 58 valence electrons. The molecule has 0 unspecified atom stereocenters. The Bertz CT molecular complexity index is 135. The summed E-state index contributed by atoms with van der Waals surface area (Å²) in [5.74, 6) is 0. The van der Waals surface area contributed by atoms with E-state index in [0.29, 0.717) is 0 Å². The molecule has 4 nitrogen and oxygen atoms in total. The van der Waals surface area contributed by atoms with Crippen LogP contribution in [0.3, 0.4) is 0 Å². The Hall–Kier alpha value is -0.550. The molecule has 10 heavy (non-hydrogen) atoms. The highest BCUT2D eigenvalue weighted by atomic mass is 35.7. The van der Waals surface area contributed by atoms with E-state index in [1.165, 1.54) is 12.2 Å². The van der Waals surface area contributed by atoms with Gasteiger partial charge in [0.2, 0.25) is 0 Å². The van der Waals surface area contributed by atoms with Crippen molar-refractivity contribution in [1.29, 1.82) is 0 Å². The molecule has 0 N–H and O–H groups in total. The molecule has 0 atom stereocenters. The lowest BCUT2D eigenvalue weighted by Crippen LogP contribution is -2.60. The maximum absolute atomic E-state index is 9.71. The second kappa shape index (κ2) is 4.29. The number of halogens is 1. The molecule has 0 fully saturated rings. The van der Waals surface area contributed by atoms with Crippen LogP contribution in [0.15, 0.2) is 24.5 Å². The van der Waals surface area contributed by atoms with Gasteiger partial charge in [-0.25, -0.2) is 0 Å². The van der Waals surface area contributed by atoms with Gasteiger partial charge in [0.25, 0.3) is 6.26 Å². The fourth-order valence-electron chi connectivity index (χ4n) is 0.249. The average molecular weight is 167 g/mol. The zero-order valence-corrected chi connectivity index (χ0v) is 6.08. The highest BCUT2D eigenvalue weighted by Gasteiger charge is 2.11. The molecule has 0 saturated heterocycles. The van der Waals surface area contributed by atoms with Crippen LogP contribution in [0.4, 0.5) is 0 Å². The highest BCUT2D eigenvalue weighted by Crippen LogP contribution is 1.88. The zero-order chi connectivity index (χ0) is 8.04. The maximum Gasteiger partial charge on any atom is 0.252 e. The van der Waals surface area contributed by atoms with Crippen LogP contribution in [0.1, 0.15) is 6.92 Å². The van der Waals surface area contributed by atoms with Crippen molar-refractivity contribution in [3.05, 3.63) is 24.5 Å². The standard InChI is InChI=1S/C5H7ClO4/c1-2-3-4-5-10-6(7,8)9/h2-5H,1H3. The first-order chi connectivity index (χ1) is 4.56. The van der Waals surface area contributed by atoms with Gasteiger partial charge >= 0.3 is 0 Å². The largest absolute Gasteiger partial charge is 0.252 e. The van der Waals surface area contributed by atoms with Crippen molar-refractivity contribution < 1.29 is 28.5 Å². The van der Waals surface area contributed by atoms with Gasteiger partial charge in [0.1, 0.15) is 10.2 Å². The summed E-state index contributed by atoms with van der Waals surface area (Å²) >= 11 is 0. The number of allylic oxidation sites excluding steroid dienone is 3. The molecule has 0 rings (SSSR count). The van der Waals surface area contributed by atoms with Crippen LogP contribution >= 0.6 is 0 Å². The van der Waals surface area contributed by atoms with Gasteiger partial charge in [0, 0.05) is 0 Å². The molecule has 0 aromatic heterocycles. The third-order valence-electron chi connectivity index (χ3n) is 0.543.